The fourth-order valence-electron chi connectivity index (χ4n) is 2.49. The van der Waals surface area contributed by atoms with Crippen LogP contribution in [-0.2, 0) is 5.04 Å². The number of hydrogen-bond acceptors (Lipinski definition) is 4. The number of aliphatic imine (C=N–C) groups is 1. The van der Waals surface area contributed by atoms with Crippen LogP contribution in [-0.4, -0.2) is 23.3 Å². The van der Waals surface area contributed by atoms with E-state index >= 15 is 0 Å². The zero-order chi connectivity index (χ0) is 17.1. The summed E-state index contributed by atoms with van der Waals surface area (Å²) in [5.74, 6) is 0.785. The molecule has 0 fully saturated rings. The van der Waals surface area contributed by atoms with Gasteiger partial charge in [0.25, 0.3) is 0 Å². The minimum Gasteiger partial charge on any atom is -0.348 e. The van der Waals surface area contributed by atoms with E-state index < -0.39 is 6.17 Å². The molecule has 8 heteroatoms. The summed E-state index contributed by atoms with van der Waals surface area (Å²) in [5.41, 5.74) is 2.14. The molecule has 0 radical (unpaired) electrons. The van der Waals surface area contributed by atoms with Crippen molar-refractivity contribution in [3.05, 3.63) is 63.1 Å². The number of fused-ring (bicyclic) bond motifs is 1. The lowest BCUT2D eigenvalue weighted by Gasteiger charge is -2.32. The molecular weight excluding hydrogens is 420 g/mol. The van der Waals surface area contributed by atoms with Crippen LogP contribution in [0.2, 0.25) is 5.02 Å². The Morgan fingerprint density at radius 3 is 2.67 bits per heavy atom. The van der Waals surface area contributed by atoms with Crippen molar-refractivity contribution in [1.29, 1.82) is 0 Å². The average Bonchev–Trinajstić information content (AvgIpc) is 2.60. The molecule has 0 aliphatic carbocycles. The van der Waals surface area contributed by atoms with E-state index in [-0.39, 0.29) is 12.4 Å². The summed E-state index contributed by atoms with van der Waals surface area (Å²) in [4.78, 5) is 4.59. The van der Waals surface area contributed by atoms with Crippen LogP contribution in [0.15, 0.2) is 51.9 Å². The van der Waals surface area contributed by atoms with Crippen molar-refractivity contribution in [2.45, 2.75) is 6.17 Å². The van der Waals surface area contributed by atoms with Crippen LogP contribution in [0.25, 0.3) is 0 Å². The van der Waals surface area contributed by atoms with Crippen molar-refractivity contribution >= 4 is 50.7 Å². The fourth-order valence-corrected chi connectivity index (χ4v) is 3.15. The molecule has 24 heavy (non-hydrogen) atoms. The van der Waals surface area contributed by atoms with Gasteiger partial charge in [-0.15, -0.1) is 16.7 Å². The third-order valence-corrected chi connectivity index (χ3v) is 4.61. The van der Waals surface area contributed by atoms with Crippen LogP contribution < -0.4 is 5.32 Å². The monoisotopic (exact) mass is 431 g/mol. The first-order valence-electron chi connectivity index (χ1n) is 7.15. The topological polar surface area (TPSA) is 36.9 Å². The maximum Gasteiger partial charge on any atom is 0.135 e. The number of rotatable bonds is 5. The summed E-state index contributed by atoms with van der Waals surface area (Å²) in [7, 11) is 0. The van der Waals surface area contributed by atoms with Gasteiger partial charge in [0, 0.05) is 28.0 Å². The van der Waals surface area contributed by atoms with Gasteiger partial charge in [-0.3, -0.25) is 0 Å². The van der Waals surface area contributed by atoms with Crippen molar-refractivity contribution in [2.24, 2.45) is 4.99 Å². The second-order valence-corrected chi connectivity index (χ2v) is 6.79. The second-order valence-electron chi connectivity index (χ2n) is 5.09. The molecule has 0 bridgehead atoms. The molecule has 3 rings (SSSR count). The van der Waals surface area contributed by atoms with Gasteiger partial charge in [-0.25, -0.2) is 4.99 Å². The first kappa shape index (κ1) is 17.6. The third-order valence-electron chi connectivity index (χ3n) is 3.61. The molecule has 0 saturated heterocycles. The van der Waals surface area contributed by atoms with Crippen LogP contribution in [0.1, 0.15) is 17.3 Å². The summed E-state index contributed by atoms with van der Waals surface area (Å²) in [6.45, 7) is 0.190. The molecule has 0 spiro atoms. The zero-order valence-corrected chi connectivity index (χ0v) is 15.4. The predicted octanol–water partition coefficient (Wildman–Crippen LogP) is 5.14. The highest BCUT2D eigenvalue weighted by molar-refractivity contribution is 9.10. The quantitative estimate of drug-likeness (QED) is 0.525. The summed E-state index contributed by atoms with van der Waals surface area (Å²) < 4.78 is 14.0. The van der Waals surface area contributed by atoms with E-state index in [1.165, 1.54) is 0 Å². The fraction of sp³-hybridized carbons (Fsp3) is 0.188. The first-order chi connectivity index (χ1) is 11.6. The normalized spacial score (nSPS) is 16.5. The molecule has 1 aliphatic heterocycles. The standard InChI is InChI=1S/C16H13BrCl2FN3O/c17-11-6-4-10(5-7-11)15-21-14-12(2-1-3-13(14)19)16(22-15)23(24-20)9-8-18/h1-7,16H,8-9H2,(H,21,22). The van der Waals surface area contributed by atoms with Crippen LogP contribution in [0, 0.1) is 0 Å². The average molecular weight is 433 g/mol. The van der Waals surface area contributed by atoms with Crippen molar-refractivity contribution in [3.8, 4) is 0 Å². The molecule has 0 amide bonds. The largest absolute Gasteiger partial charge is 0.348 e. The smallest absolute Gasteiger partial charge is 0.135 e. The Morgan fingerprint density at radius 2 is 2.00 bits per heavy atom. The number of para-hydroxylation sites is 1. The molecule has 4 nitrogen and oxygen atoms in total. The Morgan fingerprint density at radius 1 is 1.25 bits per heavy atom. The van der Waals surface area contributed by atoms with Crippen LogP contribution >= 0.6 is 39.1 Å². The predicted molar refractivity (Wildman–Crippen MR) is 97.3 cm³/mol. The Balaban J connectivity index is 2.06. The van der Waals surface area contributed by atoms with Gasteiger partial charge < -0.3 is 5.32 Å². The van der Waals surface area contributed by atoms with E-state index in [4.69, 9.17) is 23.2 Å². The number of nitrogens with zero attached hydrogens (tertiary/aromatic N) is 2. The van der Waals surface area contributed by atoms with Crippen molar-refractivity contribution < 1.29 is 9.57 Å². The van der Waals surface area contributed by atoms with Crippen LogP contribution in [0.3, 0.4) is 0 Å². The molecule has 1 N–H and O–H groups in total. The Hall–Kier alpha value is -1.18. The van der Waals surface area contributed by atoms with Crippen LogP contribution in [0.4, 0.5) is 10.2 Å². The number of halogens is 4. The van der Waals surface area contributed by atoms with Crippen molar-refractivity contribution in [1.82, 2.24) is 10.4 Å². The number of amidine groups is 1. The number of nitrogens with one attached hydrogen (secondary N) is 1. The zero-order valence-electron chi connectivity index (χ0n) is 12.3. The van der Waals surface area contributed by atoms with Gasteiger partial charge in [0.15, 0.2) is 0 Å². The minimum atomic E-state index is -0.599. The molecule has 1 atom stereocenters. The number of hydrogen-bond donors (Lipinski definition) is 1. The molecule has 1 unspecified atom stereocenters. The van der Waals surface area contributed by atoms with E-state index in [1.54, 1.807) is 12.1 Å². The molecule has 0 saturated carbocycles. The SMILES string of the molecule is FON(CCCl)C1NC(c2ccc(Br)cc2)=Nc2c(Cl)cccc21. The Bertz CT molecular complexity index is 757. The first-order valence-corrected chi connectivity index (χ1v) is 8.85. The van der Waals surface area contributed by atoms with Crippen molar-refractivity contribution in [3.63, 3.8) is 0 Å². The van der Waals surface area contributed by atoms with Gasteiger partial charge in [-0.1, -0.05) is 56.8 Å². The molecule has 1 aliphatic rings. The summed E-state index contributed by atoms with van der Waals surface area (Å²) in [6.07, 6.45) is -0.599. The van der Waals surface area contributed by atoms with E-state index in [0.717, 1.165) is 15.1 Å². The molecule has 1 heterocycles. The summed E-state index contributed by atoms with van der Waals surface area (Å²) in [5, 5.41) is 8.80. The highest BCUT2D eigenvalue weighted by Crippen LogP contribution is 2.38. The summed E-state index contributed by atoms with van der Waals surface area (Å²) >= 11 is 15.4. The number of hydroxylamine groups is 2. The van der Waals surface area contributed by atoms with Gasteiger partial charge >= 0.3 is 0 Å². The molecule has 2 aromatic rings. The lowest BCUT2D eigenvalue weighted by atomic mass is 10.1. The highest BCUT2D eigenvalue weighted by Gasteiger charge is 2.30. The van der Waals surface area contributed by atoms with Gasteiger partial charge in [-0.2, -0.15) is 0 Å². The summed E-state index contributed by atoms with van der Waals surface area (Å²) in [6, 6.07) is 13.0. The second kappa shape index (κ2) is 7.80. The number of benzene rings is 2. The molecular formula is C16H13BrCl2FN3O. The van der Waals surface area contributed by atoms with Crippen LogP contribution in [0.5, 0.6) is 0 Å². The lowest BCUT2D eigenvalue weighted by molar-refractivity contribution is -0.339. The third kappa shape index (κ3) is 3.58. The van der Waals surface area contributed by atoms with Gasteiger partial charge in [0.05, 0.1) is 10.7 Å². The Labute approximate surface area is 157 Å². The van der Waals surface area contributed by atoms with E-state index in [1.807, 2.05) is 30.3 Å². The molecule has 0 aromatic heterocycles. The van der Waals surface area contributed by atoms with Gasteiger partial charge in [0.1, 0.15) is 12.0 Å². The highest BCUT2D eigenvalue weighted by atomic mass is 79.9. The van der Waals surface area contributed by atoms with Gasteiger partial charge in [0.2, 0.25) is 0 Å². The maximum atomic E-state index is 13.1. The van der Waals surface area contributed by atoms with E-state index in [9.17, 15) is 4.53 Å². The van der Waals surface area contributed by atoms with E-state index in [2.05, 4.69) is 31.3 Å². The van der Waals surface area contributed by atoms with E-state index in [0.29, 0.717) is 22.1 Å². The maximum absolute atomic E-state index is 13.1. The van der Waals surface area contributed by atoms with Gasteiger partial charge in [-0.05, 0) is 22.7 Å². The molecule has 126 valence electrons. The lowest BCUT2D eigenvalue weighted by Crippen LogP contribution is -2.43. The Kier molecular flexibility index (Phi) is 5.73. The minimum absolute atomic E-state index is 0.190. The van der Waals surface area contributed by atoms with Crippen molar-refractivity contribution in [2.75, 3.05) is 12.4 Å². The number of alkyl halides is 1. The molecule has 2 aromatic carbocycles.